The van der Waals surface area contributed by atoms with E-state index in [4.69, 9.17) is 27.9 Å². The number of hydrogen-bond acceptors (Lipinski definition) is 4. The molecule has 1 heterocycles. The molecule has 1 aromatic carbocycles. The van der Waals surface area contributed by atoms with Gasteiger partial charge in [0.2, 0.25) is 0 Å². The molecule has 4 nitrogen and oxygen atoms in total. The molecule has 0 radical (unpaired) electrons. The van der Waals surface area contributed by atoms with Gasteiger partial charge in [-0.3, -0.25) is 5.21 Å². The SMILES string of the molecule is ON(c1c(Cl)cccc1Cl)[C@@H]1CCCC=C1N1CCOCC1. The fourth-order valence-corrected chi connectivity index (χ4v) is 3.69. The van der Waals surface area contributed by atoms with Gasteiger partial charge < -0.3 is 9.64 Å². The predicted octanol–water partition coefficient (Wildman–Crippen LogP) is 3.96. The molecule has 0 aromatic heterocycles. The molecule has 1 saturated heterocycles. The van der Waals surface area contributed by atoms with Crippen LogP contribution >= 0.6 is 23.2 Å². The summed E-state index contributed by atoms with van der Waals surface area (Å²) < 4.78 is 5.42. The summed E-state index contributed by atoms with van der Waals surface area (Å²) >= 11 is 12.5. The Labute approximate surface area is 140 Å². The summed E-state index contributed by atoms with van der Waals surface area (Å²) in [5, 5.41) is 12.9. The molecule has 1 fully saturated rings. The molecule has 1 aromatic rings. The molecule has 1 atom stereocenters. The van der Waals surface area contributed by atoms with E-state index in [1.165, 1.54) is 5.06 Å². The van der Waals surface area contributed by atoms with Crippen molar-refractivity contribution in [2.45, 2.75) is 25.3 Å². The van der Waals surface area contributed by atoms with E-state index in [9.17, 15) is 5.21 Å². The Morgan fingerprint density at radius 1 is 1.18 bits per heavy atom. The molecule has 22 heavy (non-hydrogen) atoms. The molecule has 0 unspecified atom stereocenters. The van der Waals surface area contributed by atoms with Gasteiger partial charge >= 0.3 is 0 Å². The van der Waals surface area contributed by atoms with Gasteiger partial charge in [-0.1, -0.05) is 35.3 Å². The monoisotopic (exact) mass is 342 g/mol. The second kappa shape index (κ2) is 7.09. The van der Waals surface area contributed by atoms with Gasteiger partial charge in [0, 0.05) is 18.8 Å². The standard InChI is InChI=1S/C16H20Cl2N2O2/c17-12-4-3-5-13(18)16(12)20(21)15-7-2-1-6-14(15)19-8-10-22-11-9-19/h3-6,15,21H,1-2,7-11H2/t15-/m1/s1. The summed E-state index contributed by atoms with van der Waals surface area (Å²) in [5.74, 6) is 0. The average molecular weight is 343 g/mol. The molecular formula is C16H20Cl2N2O2. The maximum absolute atomic E-state index is 10.8. The lowest BCUT2D eigenvalue weighted by molar-refractivity contribution is 0.0463. The van der Waals surface area contributed by atoms with Crippen molar-refractivity contribution in [1.82, 2.24) is 4.90 Å². The summed E-state index contributed by atoms with van der Waals surface area (Å²) in [7, 11) is 0. The molecule has 6 heteroatoms. The van der Waals surface area contributed by atoms with Gasteiger partial charge in [0.15, 0.2) is 0 Å². The Morgan fingerprint density at radius 3 is 2.55 bits per heavy atom. The Morgan fingerprint density at radius 2 is 1.86 bits per heavy atom. The third-order valence-corrected chi connectivity index (χ3v) is 4.82. The topological polar surface area (TPSA) is 35.9 Å². The zero-order valence-corrected chi connectivity index (χ0v) is 13.9. The highest BCUT2D eigenvalue weighted by Gasteiger charge is 2.30. The number of nitrogens with zero attached hydrogens (tertiary/aromatic N) is 2. The summed E-state index contributed by atoms with van der Waals surface area (Å²) in [6.07, 6.45) is 5.17. The van der Waals surface area contributed by atoms with Gasteiger partial charge in [-0.25, -0.2) is 5.06 Å². The first-order valence-corrected chi connectivity index (χ1v) is 8.39. The second-order valence-corrected chi connectivity index (χ2v) is 6.40. The number of morpholine rings is 1. The molecule has 120 valence electrons. The molecule has 1 N–H and O–H groups in total. The first kappa shape index (κ1) is 15.9. The average Bonchev–Trinajstić information content (AvgIpc) is 2.55. The molecule has 1 aliphatic carbocycles. The fourth-order valence-electron chi connectivity index (χ4n) is 3.12. The summed E-state index contributed by atoms with van der Waals surface area (Å²) in [6, 6.07) is 5.14. The maximum Gasteiger partial charge on any atom is 0.101 e. The zero-order chi connectivity index (χ0) is 15.5. The van der Waals surface area contributed by atoms with E-state index in [1.807, 2.05) is 0 Å². The molecule has 0 amide bonds. The van der Waals surface area contributed by atoms with Crippen LogP contribution in [-0.2, 0) is 4.74 Å². The molecule has 2 aliphatic rings. The quantitative estimate of drug-likeness (QED) is 0.843. The predicted molar refractivity (Wildman–Crippen MR) is 88.8 cm³/mol. The van der Waals surface area contributed by atoms with Crippen LogP contribution < -0.4 is 5.06 Å². The van der Waals surface area contributed by atoms with E-state index >= 15 is 0 Å². The van der Waals surface area contributed by atoms with Gasteiger partial charge in [0.1, 0.15) is 5.69 Å². The van der Waals surface area contributed by atoms with Crippen LogP contribution in [0.25, 0.3) is 0 Å². The van der Waals surface area contributed by atoms with Crippen LogP contribution in [0, 0.1) is 0 Å². The molecule has 0 bridgehead atoms. The number of hydrogen-bond donors (Lipinski definition) is 1. The van der Waals surface area contributed by atoms with Crippen LogP contribution in [0.2, 0.25) is 10.0 Å². The normalized spacial score (nSPS) is 22.4. The number of ether oxygens (including phenoxy) is 1. The second-order valence-electron chi connectivity index (χ2n) is 5.59. The van der Waals surface area contributed by atoms with Gasteiger partial charge in [0.05, 0.1) is 29.3 Å². The first-order chi connectivity index (χ1) is 10.7. The molecule has 1 aliphatic heterocycles. The van der Waals surface area contributed by atoms with E-state index in [0.29, 0.717) is 15.7 Å². The number of halogens is 2. The smallest absolute Gasteiger partial charge is 0.101 e. The highest BCUT2D eigenvalue weighted by atomic mass is 35.5. The van der Waals surface area contributed by atoms with Crippen molar-refractivity contribution in [1.29, 1.82) is 0 Å². The van der Waals surface area contributed by atoms with E-state index in [-0.39, 0.29) is 6.04 Å². The maximum atomic E-state index is 10.8. The van der Waals surface area contributed by atoms with Gasteiger partial charge in [0.25, 0.3) is 0 Å². The number of para-hydroxylation sites is 1. The van der Waals surface area contributed by atoms with Crippen LogP contribution in [0.1, 0.15) is 19.3 Å². The Kier molecular flexibility index (Phi) is 5.14. The highest BCUT2D eigenvalue weighted by molar-refractivity contribution is 6.39. The zero-order valence-electron chi connectivity index (χ0n) is 12.3. The van der Waals surface area contributed by atoms with E-state index in [1.54, 1.807) is 18.2 Å². The molecule has 0 spiro atoms. The minimum Gasteiger partial charge on any atom is -0.378 e. The van der Waals surface area contributed by atoms with Crippen LogP contribution in [0.3, 0.4) is 0 Å². The van der Waals surface area contributed by atoms with E-state index in [2.05, 4.69) is 11.0 Å². The Hall–Kier alpha value is -0.940. The van der Waals surface area contributed by atoms with Crippen LogP contribution in [0.4, 0.5) is 5.69 Å². The lowest BCUT2D eigenvalue weighted by Crippen LogP contribution is -2.46. The number of anilines is 1. The molecular weight excluding hydrogens is 323 g/mol. The van der Waals surface area contributed by atoms with Crippen molar-refractivity contribution in [3.8, 4) is 0 Å². The van der Waals surface area contributed by atoms with Crippen molar-refractivity contribution in [2.75, 3.05) is 31.4 Å². The number of hydroxylamine groups is 1. The largest absolute Gasteiger partial charge is 0.378 e. The third kappa shape index (κ3) is 3.20. The lowest BCUT2D eigenvalue weighted by atomic mass is 9.97. The van der Waals surface area contributed by atoms with Gasteiger partial charge in [-0.15, -0.1) is 0 Å². The highest BCUT2D eigenvalue weighted by Crippen LogP contribution is 2.37. The summed E-state index contributed by atoms with van der Waals surface area (Å²) in [6.45, 7) is 3.16. The molecule has 3 rings (SSSR count). The minimum absolute atomic E-state index is 0.121. The van der Waals surface area contributed by atoms with Gasteiger partial charge in [-0.05, 0) is 31.4 Å². The summed E-state index contributed by atoms with van der Waals surface area (Å²) in [4.78, 5) is 2.29. The van der Waals surface area contributed by atoms with E-state index < -0.39 is 0 Å². The minimum atomic E-state index is -0.121. The van der Waals surface area contributed by atoms with Crippen molar-refractivity contribution >= 4 is 28.9 Å². The lowest BCUT2D eigenvalue weighted by Gasteiger charge is -2.40. The third-order valence-electron chi connectivity index (χ3n) is 4.21. The number of allylic oxidation sites excluding steroid dienone is 1. The van der Waals surface area contributed by atoms with Crippen molar-refractivity contribution in [3.05, 3.63) is 40.0 Å². The van der Waals surface area contributed by atoms with Crippen LogP contribution in [0.15, 0.2) is 30.0 Å². The molecule has 0 saturated carbocycles. The Bertz CT molecular complexity index is 539. The van der Waals surface area contributed by atoms with Crippen molar-refractivity contribution in [2.24, 2.45) is 0 Å². The van der Waals surface area contributed by atoms with Crippen LogP contribution in [0.5, 0.6) is 0 Å². The van der Waals surface area contributed by atoms with Gasteiger partial charge in [-0.2, -0.15) is 0 Å². The first-order valence-electron chi connectivity index (χ1n) is 7.63. The van der Waals surface area contributed by atoms with Crippen molar-refractivity contribution in [3.63, 3.8) is 0 Å². The fraction of sp³-hybridized carbons (Fsp3) is 0.500. The van der Waals surface area contributed by atoms with E-state index in [0.717, 1.165) is 51.3 Å². The number of rotatable bonds is 3. The summed E-state index contributed by atoms with van der Waals surface area (Å²) in [5.41, 5.74) is 1.63. The van der Waals surface area contributed by atoms with Crippen molar-refractivity contribution < 1.29 is 9.94 Å². The number of benzene rings is 1. The Balaban J connectivity index is 1.87. The van der Waals surface area contributed by atoms with Crippen LogP contribution in [-0.4, -0.2) is 42.5 Å².